The summed E-state index contributed by atoms with van der Waals surface area (Å²) in [6.07, 6.45) is 1.77. The number of hydrogen-bond donors (Lipinski definition) is 4. The normalized spacial score (nSPS) is 30.4. The van der Waals surface area contributed by atoms with Gasteiger partial charge in [0.25, 0.3) is 0 Å². The van der Waals surface area contributed by atoms with E-state index in [4.69, 9.17) is 16.3 Å². The Morgan fingerprint density at radius 2 is 2.00 bits per heavy atom. The highest BCUT2D eigenvalue weighted by Crippen LogP contribution is 2.33. The lowest BCUT2D eigenvalue weighted by atomic mass is 10.1. The van der Waals surface area contributed by atoms with Crippen LogP contribution in [0, 0.1) is 0 Å². The van der Waals surface area contributed by atoms with Crippen LogP contribution in [0.5, 0.6) is 0 Å². The first-order valence-corrected chi connectivity index (χ1v) is 8.75. The molecule has 1 saturated heterocycles. The molecule has 1 aliphatic heterocycles. The van der Waals surface area contributed by atoms with E-state index in [0.29, 0.717) is 23.0 Å². The fourth-order valence-electron chi connectivity index (χ4n) is 3.55. The van der Waals surface area contributed by atoms with Crippen LogP contribution in [-0.4, -0.2) is 65.8 Å². The highest BCUT2D eigenvalue weighted by Gasteiger charge is 2.44. The van der Waals surface area contributed by atoms with Gasteiger partial charge < -0.3 is 25.4 Å². The SMILES string of the molecule is OCC1OC(n2cnc3c(NC4CCCC4)nc(Cl)nc32)[C@@H](O)[C@H]1O. The van der Waals surface area contributed by atoms with E-state index < -0.39 is 31.1 Å². The van der Waals surface area contributed by atoms with Crippen LogP contribution in [0.4, 0.5) is 5.82 Å². The Morgan fingerprint density at radius 1 is 1.24 bits per heavy atom. The van der Waals surface area contributed by atoms with Gasteiger partial charge in [-0.3, -0.25) is 4.57 Å². The van der Waals surface area contributed by atoms with Gasteiger partial charge in [0, 0.05) is 6.04 Å². The molecule has 0 radical (unpaired) electrons. The molecule has 136 valence electrons. The van der Waals surface area contributed by atoms with E-state index in [1.807, 2.05) is 0 Å². The fourth-order valence-corrected chi connectivity index (χ4v) is 3.71. The molecule has 2 aliphatic rings. The minimum atomic E-state index is -1.21. The summed E-state index contributed by atoms with van der Waals surface area (Å²) in [5, 5.41) is 32.9. The number of nitrogens with zero attached hydrogens (tertiary/aromatic N) is 4. The minimum absolute atomic E-state index is 0.0569. The summed E-state index contributed by atoms with van der Waals surface area (Å²) >= 11 is 6.07. The number of imidazole rings is 1. The molecule has 4 atom stereocenters. The maximum Gasteiger partial charge on any atom is 0.226 e. The van der Waals surface area contributed by atoms with E-state index in [2.05, 4.69) is 20.3 Å². The maximum atomic E-state index is 10.2. The summed E-state index contributed by atoms with van der Waals surface area (Å²) in [6, 6.07) is 0.327. The van der Waals surface area contributed by atoms with Gasteiger partial charge in [-0.1, -0.05) is 12.8 Å². The summed E-state index contributed by atoms with van der Waals surface area (Å²) in [5.41, 5.74) is 0.921. The Morgan fingerprint density at radius 3 is 2.68 bits per heavy atom. The van der Waals surface area contributed by atoms with E-state index in [0.717, 1.165) is 12.8 Å². The molecule has 2 aromatic heterocycles. The summed E-state index contributed by atoms with van der Waals surface area (Å²) in [5.74, 6) is 0.549. The van der Waals surface area contributed by atoms with E-state index in [1.54, 1.807) is 0 Å². The Kier molecular flexibility index (Phi) is 4.50. The molecule has 25 heavy (non-hydrogen) atoms. The van der Waals surface area contributed by atoms with Crippen LogP contribution in [0.1, 0.15) is 31.9 Å². The third kappa shape index (κ3) is 2.96. The second-order valence-corrected chi connectivity index (χ2v) is 6.86. The molecule has 2 unspecified atom stereocenters. The average Bonchev–Trinajstić information content (AvgIpc) is 3.29. The largest absolute Gasteiger partial charge is 0.394 e. The van der Waals surface area contributed by atoms with E-state index in [9.17, 15) is 15.3 Å². The van der Waals surface area contributed by atoms with Gasteiger partial charge in [0.15, 0.2) is 23.2 Å². The highest BCUT2D eigenvalue weighted by atomic mass is 35.5. The smallest absolute Gasteiger partial charge is 0.226 e. The minimum Gasteiger partial charge on any atom is -0.394 e. The molecule has 0 aromatic carbocycles. The Bertz CT molecular complexity index is 766. The zero-order chi connectivity index (χ0) is 17.6. The molecule has 2 fully saturated rings. The molecule has 1 saturated carbocycles. The Balaban J connectivity index is 1.70. The van der Waals surface area contributed by atoms with E-state index in [1.165, 1.54) is 23.7 Å². The number of rotatable bonds is 4. The summed E-state index contributed by atoms with van der Waals surface area (Å²) in [7, 11) is 0. The number of aliphatic hydroxyl groups excluding tert-OH is 3. The number of aromatic nitrogens is 4. The van der Waals surface area contributed by atoms with Crippen molar-refractivity contribution < 1.29 is 20.1 Å². The van der Waals surface area contributed by atoms with Crippen LogP contribution in [0.2, 0.25) is 5.28 Å². The number of nitrogens with one attached hydrogen (secondary N) is 1. The predicted octanol–water partition coefficient (Wildman–Crippen LogP) is 0.446. The van der Waals surface area contributed by atoms with Gasteiger partial charge in [0.2, 0.25) is 5.28 Å². The van der Waals surface area contributed by atoms with Gasteiger partial charge in [0.05, 0.1) is 12.9 Å². The number of ether oxygens (including phenoxy) is 1. The number of anilines is 1. The van der Waals surface area contributed by atoms with Gasteiger partial charge in [-0.25, -0.2) is 4.98 Å². The van der Waals surface area contributed by atoms with Crippen molar-refractivity contribution in [3.8, 4) is 0 Å². The van der Waals surface area contributed by atoms with Crippen LogP contribution in [-0.2, 0) is 4.74 Å². The topological polar surface area (TPSA) is 126 Å². The quantitative estimate of drug-likeness (QED) is 0.572. The monoisotopic (exact) mass is 369 g/mol. The predicted molar refractivity (Wildman–Crippen MR) is 89.2 cm³/mol. The molecule has 10 heteroatoms. The maximum absolute atomic E-state index is 10.2. The number of aliphatic hydroxyl groups is 3. The third-order valence-corrected chi connectivity index (χ3v) is 5.05. The Labute approximate surface area is 148 Å². The fraction of sp³-hybridized carbons (Fsp3) is 0.667. The second-order valence-electron chi connectivity index (χ2n) is 6.52. The van der Waals surface area contributed by atoms with Crippen molar-refractivity contribution in [2.24, 2.45) is 0 Å². The van der Waals surface area contributed by atoms with Crippen LogP contribution < -0.4 is 5.32 Å². The zero-order valence-corrected chi connectivity index (χ0v) is 14.2. The zero-order valence-electron chi connectivity index (χ0n) is 13.4. The molecule has 0 spiro atoms. The first kappa shape index (κ1) is 16.9. The lowest BCUT2D eigenvalue weighted by molar-refractivity contribution is -0.0511. The van der Waals surface area contributed by atoms with Gasteiger partial charge >= 0.3 is 0 Å². The van der Waals surface area contributed by atoms with Crippen molar-refractivity contribution in [1.82, 2.24) is 19.5 Å². The molecule has 2 aromatic rings. The molecule has 1 aliphatic carbocycles. The van der Waals surface area contributed by atoms with Crippen LogP contribution >= 0.6 is 11.6 Å². The Hall–Kier alpha value is -1.52. The molecule has 3 heterocycles. The van der Waals surface area contributed by atoms with Crippen molar-refractivity contribution in [3.63, 3.8) is 0 Å². The number of halogens is 1. The van der Waals surface area contributed by atoms with E-state index in [-0.39, 0.29) is 5.28 Å². The van der Waals surface area contributed by atoms with Gasteiger partial charge in [-0.05, 0) is 24.4 Å². The van der Waals surface area contributed by atoms with Gasteiger partial charge in [-0.2, -0.15) is 9.97 Å². The molecule has 4 N–H and O–H groups in total. The summed E-state index contributed by atoms with van der Waals surface area (Å²) in [6.45, 7) is -0.397. The second kappa shape index (κ2) is 6.65. The molecule has 9 nitrogen and oxygen atoms in total. The lowest BCUT2D eigenvalue weighted by Crippen LogP contribution is -2.33. The molecule has 0 bridgehead atoms. The summed E-state index contributed by atoms with van der Waals surface area (Å²) < 4.78 is 7.06. The van der Waals surface area contributed by atoms with Crippen LogP contribution in [0.25, 0.3) is 11.2 Å². The van der Waals surface area contributed by atoms with E-state index >= 15 is 0 Å². The highest BCUT2D eigenvalue weighted by molar-refractivity contribution is 6.28. The van der Waals surface area contributed by atoms with Gasteiger partial charge in [0.1, 0.15) is 18.3 Å². The molecular weight excluding hydrogens is 350 g/mol. The van der Waals surface area contributed by atoms with Crippen molar-refractivity contribution >= 4 is 28.6 Å². The third-order valence-electron chi connectivity index (χ3n) is 4.88. The van der Waals surface area contributed by atoms with Crippen molar-refractivity contribution in [2.45, 2.75) is 56.3 Å². The van der Waals surface area contributed by atoms with Crippen LogP contribution in [0.15, 0.2) is 6.33 Å². The first-order valence-electron chi connectivity index (χ1n) is 8.37. The van der Waals surface area contributed by atoms with Gasteiger partial charge in [-0.15, -0.1) is 0 Å². The molecule has 4 rings (SSSR count). The van der Waals surface area contributed by atoms with Crippen molar-refractivity contribution in [1.29, 1.82) is 0 Å². The standard InChI is InChI=1S/C15H20ClN5O4/c16-15-19-12(18-7-3-1-2-4-7)9-13(20-15)21(6-17-9)14-11(24)10(23)8(5-22)25-14/h6-8,10-11,14,22-24H,1-5H2,(H,18,19,20)/t8?,10-,11-,14?/m0/s1. The van der Waals surface area contributed by atoms with Crippen molar-refractivity contribution in [2.75, 3.05) is 11.9 Å². The lowest BCUT2D eigenvalue weighted by Gasteiger charge is -2.17. The van der Waals surface area contributed by atoms with Crippen molar-refractivity contribution in [3.05, 3.63) is 11.6 Å². The molecular formula is C15H20ClN5O4. The number of fused-ring (bicyclic) bond motifs is 1. The van der Waals surface area contributed by atoms with Crippen LogP contribution in [0.3, 0.4) is 0 Å². The average molecular weight is 370 g/mol. The first-order chi connectivity index (χ1) is 12.1. The summed E-state index contributed by atoms with van der Waals surface area (Å²) in [4.78, 5) is 12.8. The molecule has 0 amide bonds. The number of hydrogen-bond acceptors (Lipinski definition) is 8.